The Bertz CT molecular complexity index is 1000. The van der Waals surface area contributed by atoms with Crippen molar-refractivity contribution < 1.29 is 19.5 Å². The molecule has 0 fully saturated rings. The van der Waals surface area contributed by atoms with Crippen molar-refractivity contribution in [3.63, 3.8) is 0 Å². The maximum atomic E-state index is 12.1. The number of carboxylic acids is 1. The summed E-state index contributed by atoms with van der Waals surface area (Å²) in [4.78, 5) is 35.7. The molecule has 3 rings (SSSR count). The van der Waals surface area contributed by atoms with Crippen LogP contribution < -0.4 is 10.6 Å². The predicted octanol–water partition coefficient (Wildman–Crippen LogP) is 2.90. The minimum absolute atomic E-state index is 0.142. The van der Waals surface area contributed by atoms with Gasteiger partial charge in [0.25, 0.3) is 5.91 Å². The first kappa shape index (κ1) is 20.8. The Balaban J connectivity index is 1.56. The van der Waals surface area contributed by atoms with E-state index in [1.165, 1.54) is 0 Å². The molecule has 0 aliphatic carbocycles. The van der Waals surface area contributed by atoms with Gasteiger partial charge in [-0.05, 0) is 28.8 Å². The van der Waals surface area contributed by atoms with Crippen molar-refractivity contribution in [2.75, 3.05) is 6.54 Å². The van der Waals surface area contributed by atoms with Crippen molar-refractivity contribution in [1.29, 1.82) is 0 Å². The molecule has 0 aliphatic rings. The number of amides is 2. The molecule has 0 aromatic heterocycles. The molecule has 6 nitrogen and oxygen atoms in total. The molecular weight excluding hydrogens is 380 g/mol. The molecule has 3 aromatic rings. The van der Waals surface area contributed by atoms with E-state index in [0.29, 0.717) is 5.56 Å². The topological polar surface area (TPSA) is 95.5 Å². The van der Waals surface area contributed by atoms with E-state index < -0.39 is 23.8 Å². The van der Waals surface area contributed by atoms with Crippen molar-refractivity contribution in [2.45, 2.75) is 12.5 Å². The second-order valence-electron chi connectivity index (χ2n) is 6.77. The zero-order valence-electron chi connectivity index (χ0n) is 16.2. The zero-order valence-corrected chi connectivity index (χ0v) is 16.2. The number of rotatable bonds is 8. The van der Waals surface area contributed by atoms with Gasteiger partial charge in [0.15, 0.2) is 0 Å². The van der Waals surface area contributed by atoms with Crippen LogP contribution in [0.25, 0.3) is 11.1 Å². The Morgan fingerprint density at radius 3 is 1.93 bits per heavy atom. The fourth-order valence-corrected chi connectivity index (χ4v) is 3.00. The number of aliphatic carboxylic acids is 1. The van der Waals surface area contributed by atoms with Crippen LogP contribution in [0, 0.1) is 0 Å². The van der Waals surface area contributed by atoms with Crippen molar-refractivity contribution in [1.82, 2.24) is 10.6 Å². The fraction of sp³-hybridized carbons (Fsp3) is 0.125. The van der Waals surface area contributed by atoms with Crippen LogP contribution in [0.3, 0.4) is 0 Å². The number of hydrogen-bond donors (Lipinski definition) is 3. The third-order valence-electron chi connectivity index (χ3n) is 4.58. The van der Waals surface area contributed by atoms with E-state index in [9.17, 15) is 19.5 Å². The number of nitrogens with one attached hydrogen (secondary N) is 2. The first-order valence-electron chi connectivity index (χ1n) is 9.52. The lowest BCUT2D eigenvalue weighted by atomic mass is 10.0. The first-order chi connectivity index (χ1) is 14.5. The van der Waals surface area contributed by atoms with E-state index in [0.717, 1.165) is 16.7 Å². The van der Waals surface area contributed by atoms with Crippen molar-refractivity contribution in [3.05, 3.63) is 96.1 Å². The van der Waals surface area contributed by atoms with Gasteiger partial charge >= 0.3 is 5.97 Å². The van der Waals surface area contributed by atoms with Gasteiger partial charge in [0, 0.05) is 12.0 Å². The molecule has 0 spiro atoms. The molecule has 3 N–H and O–H groups in total. The summed E-state index contributed by atoms with van der Waals surface area (Å²) in [6.07, 6.45) is 0.142. The minimum atomic E-state index is -1.13. The predicted molar refractivity (Wildman–Crippen MR) is 114 cm³/mol. The Hall–Kier alpha value is -3.93. The third kappa shape index (κ3) is 5.78. The summed E-state index contributed by atoms with van der Waals surface area (Å²) in [5.41, 5.74) is 3.31. The molecule has 0 saturated carbocycles. The molecule has 3 aromatic carbocycles. The molecule has 1 atom stereocenters. The number of hydrogen-bond acceptors (Lipinski definition) is 3. The van der Waals surface area contributed by atoms with Gasteiger partial charge < -0.3 is 15.7 Å². The molecule has 0 unspecified atom stereocenters. The van der Waals surface area contributed by atoms with Crippen LogP contribution in [0.1, 0.15) is 15.9 Å². The van der Waals surface area contributed by atoms with Crippen LogP contribution in [0.15, 0.2) is 84.9 Å². The Labute approximate surface area is 174 Å². The minimum Gasteiger partial charge on any atom is -0.480 e. The van der Waals surface area contributed by atoms with Crippen molar-refractivity contribution >= 4 is 17.8 Å². The Kier molecular flexibility index (Phi) is 6.95. The highest BCUT2D eigenvalue weighted by molar-refractivity contribution is 5.96. The van der Waals surface area contributed by atoms with E-state index in [4.69, 9.17) is 0 Å². The quantitative estimate of drug-likeness (QED) is 0.540. The SMILES string of the molecule is O=C(CNC(=O)c1ccccc1)N[C@H](Cc1ccc(-c2ccccc2)cc1)C(=O)O. The van der Waals surface area contributed by atoms with Crippen molar-refractivity contribution in [3.8, 4) is 11.1 Å². The average Bonchev–Trinajstić information content (AvgIpc) is 2.78. The number of carbonyl (C=O) groups is 3. The highest BCUT2D eigenvalue weighted by atomic mass is 16.4. The van der Waals surface area contributed by atoms with E-state index in [1.54, 1.807) is 30.3 Å². The summed E-state index contributed by atoms with van der Waals surface area (Å²) >= 11 is 0. The van der Waals surface area contributed by atoms with E-state index in [-0.39, 0.29) is 13.0 Å². The van der Waals surface area contributed by atoms with Crippen LogP contribution in [-0.4, -0.2) is 35.5 Å². The van der Waals surface area contributed by atoms with Crippen LogP contribution in [0.2, 0.25) is 0 Å². The maximum Gasteiger partial charge on any atom is 0.326 e. The highest BCUT2D eigenvalue weighted by Crippen LogP contribution is 2.19. The van der Waals surface area contributed by atoms with Gasteiger partial charge in [-0.1, -0.05) is 72.8 Å². The molecule has 6 heteroatoms. The fourth-order valence-electron chi connectivity index (χ4n) is 3.00. The molecule has 2 amide bonds. The van der Waals surface area contributed by atoms with E-state index in [2.05, 4.69) is 10.6 Å². The van der Waals surface area contributed by atoms with E-state index in [1.807, 2.05) is 54.6 Å². The largest absolute Gasteiger partial charge is 0.480 e. The Morgan fingerprint density at radius 1 is 0.767 bits per heavy atom. The maximum absolute atomic E-state index is 12.1. The summed E-state index contributed by atoms with van der Waals surface area (Å²) in [6.45, 7) is -0.301. The molecule has 30 heavy (non-hydrogen) atoms. The smallest absolute Gasteiger partial charge is 0.326 e. The lowest BCUT2D eigenvalue weighted by molar-refractivity contribution is -0.141. The van der Waals surface area contributed by atoms with Crippen LogP contribution in [0.5, 0.6) is 0 Å². The Morgan fingerprint density at radius 2 is 1.33 bits per heavy atom. The summed E-state index contributed by atoms with van der Waals surface area (Å²) in [5, 5.41) is 14.4. The van der Waals surface area contributed by atoms with Gasteiger partial charge in [0.1, 0.15) is 6.04 Å². The lowest BCUT2D eigenvalue weighted by Gasteiger charge is -2.15. The molecule has 152 valence electrons. The van der Waals surface area contributed by atoms with Gasteiger partial charge in [-0.2, -0.15) is 0 Å². The van der Waals surface area contributed by atoms with Gasteiger partial charge in [0.05, 0.1) is 6.54 Å². The van der Waals surface area contributed by atoms with Gasteiger partial charge in [0.2, 0.25) is 5.91 Å². The monoisotopic (exact) mass is 402 g/mol. The van der Waals surface area contributed by atoms with Gasteiger partial charge in [-0.15, -0.1) is 0 Å². The molecule has 0 bridgehead atoms. The number of carbonyl (C=O) groups excluding carboxylic acids is 2. The number of carboxylic acid groups (broad SMARTS) is 1. The van der Waals surface area contributed by atoms with E-state index >= 15 is 0 Å². The average molecular weight is 402 g/mol. The van der Waals surface area contributed by atoms with Crippen LogP contribution >= 0.6 is 0 Å². The molecule has 0 radical (unpaired) electrons. The normalized spacial score (nSPS) is 11.3. The molecule has 0 saturated heterocycles. The molecular formula is C24H22N2O4. The summed E-state index contributed by atoms with van der Waals surface area (Å²) in [6, 6.07) is 24.8. The molecule has 0 aliphatic heterocycles. The second kappa shape index (κ2) is 10.0. The zero-order chi connectivity index (χ0) is 21.3. The standard InChI is InChI=1S/C24H22N2O4/c27-22(16-25-23(28)20-9-5-2-6-10-20)26-21(24(29)30)15-17-11-13-19(14-12-17)18-7-3-1-4-8-18/h1-14,21H,15-16H2,(H,25,28)(H,26,27)(H,29,30)/t21-/m1/s1. The lowest BCUT2D eigenvalue weighted by Crippen LogP contribution is -2.46. The molecule has 0 heterocycles. The van der Waals surface area contributed by atoms with Crippen LogP contribution in [0.4, 0.5) is 0 Å². The second-order valence-corrected chi connectivity index (χ2v) is 6.77. The van der Waals surface area contributed by atoms with Crippen molar-refractivity contribution in [2.24, 2.45) is 0 Å². The van der Waals surface area contributed by atoms with Crippen LogP contribution in [-0.2, 0) is 16.0 Å². The first-order valence-corrected chi connectivity index (χ1v) is 9.52. The number of benzene rings is 3. The third-order valence-corrected chi connectivity index (χ3v) is 4.58. The summed E-state index contributed by atoms with van der Waals surface area (Å²) in [5.74, 6) is -2.09. The summed E-state index contributed by atoms with van der Waals surface area (Å²) in [7, 11) is 0. The highest BCUT2D eigenvalue weighted by Gasteiger charge is 2.20. The summed E-state index contributed by atoms with van der Waals surface area (Å²) < 4.78 is 0. The van der Waals surface area contributed by atoms with Gasteiger partial charge in [-0.3, -0.25) is 9.59 Å². The van der Waals surface area contributed by atoms with Gasteiger partial charge in [-0.25, -0.2) is 4.79 Å².